The fraction of sp³-hybridized carbons (Fsp3) is 0.444. The van der Waals surface area contributed by atoms with Crippen molar-refractivity contribution in [2.24, 2.45) is 5.92 Å². The molecule has 0 aliphatic carbocycles. The molecule has 1 rings (SSSR count). The van der Waals surface area contributed by atoms with Crippen molar-refractivity contribution in [2.75, 3.05) is 13.2 Å². The molecule has 4 nitrogen and oxygen atoms in total. The molecule has 0 N–H and O–H groups in total. The molecule has 1 aromatic rings. The third-order valence-electron chi connectivity index (χ3n) is 3.00. The summed E-state index contributed by atoms with van der Waals surface area (Å²) >= 11 is 0. The van der Waals surface area contributed by atoms with Crippen LogP contribution in [0.15, 0.2) is 42.5 Å². The minimum Gasteiger partial charge on any atom is -0.466 e. The summed E-state index contributed by atoms with van der Waals surface area (Å²) < 4.78 is 10.4. The molecule has 0 amide bonds. The fourth-order valence-corrected chi connectivity index (χ4v) is 1.88. The van der Waals surface area contributed by atoms with E-state index in [0.29, 0.717) is 19.8 Å². The summed E-state index contributed by atoms with van der Waals surface area (Å²) in [5.74, 6) is -0.741. The maximum absolute atomic E-state index is 11.3. The molecule has 0 heterocycles. The largest absolute Gasteiger partial charge is 0.466 e. The van der Waals surface area contributed by atoms with Gasteiger partial charge in [0.25, 0.3) is 0 Å². The molecule has 1 atom stereocenters. The molecule has 0 radical (unpaired) electrons. The Kier molecular flexibility index (Phi) is 9.40. The Labute approximate surface area is 132 Å². The van der Waals surface area contributed by atoms with Gasteiger partial charge < -0.3 is 9.47 Å². The summed E-state index contributed by atoms with van der Waals surface area (Å²) in [6, 6.07) is 12.1. The molecular weight excluding hydrogens is 278 g/mol. The number of unbranched alkanes of at least 4 members (excludes halogenated alkanes) is 1. The first-order chi connectivity index (χ1) is 10.8. The van der Waals surface area contributed by atoms with E-state index in [2.05, 4.69) is 6.07 Å². The number of carbonyl (C=O) groups is 1. The Bertz CT molecular complexity index is 491. The van der Waals surface area contributed by atoms with E-state index in [-0.39, 0.29) is 12.4 Å². The van der Waals surface area contributed by atoms with Crippen LogP contribution < -0.4 is 0 Å². The van der Waals surface area contributed by atoms with Gasteiger partial charge in [0, 0.05) is 6.61 Å². The number of nitrogens with zero attached hydrogens (tertiary/aromatic N) is 1. The number of allylic oxidation sites excluding steroid dienone is 2. The number of esters is 1. The van der Waals surface area contributed by atoms with Gasteiger partial charge >= 0.3 is 5.97 Å². The topological polar surface area (TPSA) is 59.3 Å². The first-order valence-electron chi connectivity index (χ1n) is 7.59. The first kappa shape index (κ1) is 17.9. The molecule has 1 unspecified atom stereocenters. The van der Waals surface area contributed by atoms with Crippen molar-refractivity contribution in [2.45, 2.75) is 32.8 Å². The van der Waals surface area contributed by atoms with Crippen molar-refractivity contribution in [1.82, 2.24) is 0 Å². The van der Waals surface area contributed by atoms with Gasteiger partial charge in [-0.2, -0.15) is 5.26 Å². The van der Waals surface area contributed by atoms with Crippen molar-refractivity contribution < 1.29 is 14.3 Å². The van der Waals surface area contributed by atoms with Gasteiger partial charge in [-0.1, -0.05) is 42.5 Å². The minimum absolute atomic E-state index is 0.116. The average molecular weight is 301 g/mol. The normalized spacial score (nSPS) is 12.0. The molecule has 22 heavy (non-hydrogen) atoms. The van der Waals surface area contributed by atoms with Crippen LogP contribution >= 0.6 is 0 Å². The lowest BCUT2D eigenvalue weighted by molar-refractivity contribution is -0.143. The second kappa shape index (κ2) is 11.5. The highest BCUT2D eigenvalue weighted by molar-refractivity contribution is 5.70. The van der Waals surface area contributed by atoms with Crippen LogP contribution in [0, 0.1) is 17.2 Å². The van der Waals surface area contributed by atoms with Crippen molar-refractivity contribution in [3.8, 4) is 6.07 Å². The molecule has 0 saturated heterocycles. The van der Waals surface area contributed by atoms with Gasteiger partial charge in [-0.3, -0.25) is 4.79 Å². The summed E-state index contributed by atoms with van der Waals surface area (Å²) in [6.07, 6.45) is 5.54. The van der Waals surface area contributed by atoms with E-state index < -0.39 is 5.92 Å². The van der Waals surface area contributed by atoms with Crippen molar-refractivity contribution in [3.63, 3.8) is 0 Å². The summed E-state index contributed by atoms with van der Waals surface area (Å²) in [4.78, 5) is 11.3. The number of benzene rings is 1. The van der Waals surface area contributed by atoms with Crippen LogP contribution in [0.3, 0.4) is 0 Å². The van der Waals surface area contributed by atoms with Gasteiger partial charge in [0.15, 0.2) is 0 Å². The summed E-state index contributed by atoms with van der Waals surface area (Å²) in [6.45, 7) is 3.40. The van der Waals surface area contributed by atoms with Crippen LogP contribution in [0.1, 0.15) is 31.7 Å². The van der Waals surface area contributed by atoms with Gasteiger partial charge in [-0.05, 0) is 25.3 Å². The summed E-state index contributed by atoms with van der Waals surface area (Å²) in [5.41, 5.74) is 1.16. The zero-order chi connectivity index (χ0) is 16.0. The van der Waals surface area contributed by atoms with Gasteiger partial charge in [0.1, 0.15) is 0 Å². The zero-order valence-corrected chi connectivity index (χ0v) is 13.0. The second-order valence-electron chi connectivity index (χ2n) is 4.85. The Morgan fingerprint density at radius 1 is 1.36 bits per heavy atom. The predicted molar refractivity (Wildman–Crippen MR) is 84.8 cm³/mol. The van der Waals surface area contributed by atoms with E-state index in [0.717, 1.165) is 18.4 Å². The SMILES string of the molecule is CCOC(=O)CC(C#N)/C=C/CCCOCc1ccccc1. The highest BCUT2D eigenvalue weighted by Gasteiger charge is 2.10. The quantitative estimate of drug-likeness (QED) is 0.376. The van der Waals surface area contributed by atoms with E-state index >= 15 is 0 Å². The van der Waals surface area contributed by atoms with Crippen LogP contribution in [0.5, 0.6) is 0 Å². The van der Waals surface area contributed by atoms with E-state index in [4.69, 9.17) is 14.7 Å². The van der Waals surface area contributed by atoms with E-state index in [1.807, 2.05) is 36.4 Å². The molecular formula is C18H23NO3. The van der Waals surface area contributed by atoms with Crippen LogP contribution in [0.25, 0.3) is 0 Å². The second-order valence-corrected chi connectivity index (χ2v) is 4.85. The Balaban J connectivity index is 2.12. The van der Waals surface area contributed by atoms with Gasteiger partial charge in [0.05, 0.1) is 31.6 Å². The number of hydrogen-bond acceptors (Lipinski definition) is 4. The van der Waals surface area contributed by atoms with Gasteiger partial charge in [0.2, 0.25) is 0 Å². The standard InChI is InChI=1S/C18H23NO3/c1-2-22-18(20)13-17(14-19)11-7-4-8-12-21-15-16-9-5-3-6-10-16/h3,5-7,9-11,17H,2,4,8,12-13,15H2,1H3/b11-7+. The molecule has 4 heteroatoms. The Morgan fingerprint density at radius 2 is 2.14 bits per heavy atom. The molecule has 0 spiro atoms. The molecule has 0 aliphatic rings. The minimum atomic E-state index is -0.413. The number of carbonyl (C=O) groups excluding carboxylic acids is 1. The lowest BCUT2D eigenvalue weighted by Crippen LogP contribution is -2.08. The molecule has 0 fully saturated rings. The molecule has 118 valence electrons. The molecule has 1 aromatic carbocycles. The van der Waals surface area contributed by atoms with E-state index in [9.17, 15) is 4.79 Å². The van der Waals surface area contributed by atoms with Gasteiger partial charge in [-0.25, -0.2) is 0 Å². The third kappa shape index (κ3) is 8.23. The van der Waals surface area contributed by atoms with Crippen molar-refractivity contribution in [1.29, 1.82) is 5.26 Å². The maximum Gasteiger partial charge on any atom is 0.307 e. The van der Waals surface area contributed by atoms with E-state index in [1.165, 1.54) is 0 Å². The Morgan fingerprint density at radius 3 is 2.82 bits per heavy atom. The molecule has 0 saturated carbocycles. The smallest absolute Gasteiger partial charge is 0.307 e. The van der Waals surface area contributed by atoms with E-state index in [1.54, 1.807) is 13.0 Å². The highest BCUT2D eigenvalue weighted by atomic mass is 16.5. The Hall–Kier alpha value is -2.12. The van der Waals surface area contributed by atoms with Crippen LogP contribution in [0.4, 0.5) is 0 Å². The number of ether oxygens (including phenoxy) is 2. The predicted octanol–water partition coefficient (Wildman–Crippen LogP) is 3.63. The maximum atomic E-state index is 11.3. The third-order valence-corrected chi connectivity index (χ3v) is 3.00. The molecule has 0 bridgehead atoms. The first-order valence-corrected chi connectivity index (χ1v) is 7.59. The van der Waals surface area contributed by atoms with Crippen molar-refractivity contribution >= 4 is 5.97 Å². The molecule has 0 aromatic heterocycles. The number of hydrogen-bond donors (Lipinski definition) is 0. The van der Waals surface area contributed by atoms with Crippen LogP contribution in [0.2, 0.25) is 0 Å². The number of nitriles is 1. The van der Waals surface area contributed by atoms with Gasteiger partial charge in [-0.15, -0.1) is 0 Å². The fourth-order valence-electron chi connectivity index (χ4n) is 1.88. The summed E-state index contributed by atoms with van der Waals surface area (Å²) in [5, 5.41) is 8.98. The number of rotatable bonds is 10. The highest BCUT2D eigenvalue weighted by Crippen LogP contribution is 2.07. The zero-order valence-electron chi connectivity index (χ0n) is 13.0. The lowest BCUT2D eigenvalue weighted by Gasteiger charge is -2.04. The van der Waals surface area contributed by atoms with Crippen LogP contribution in [-0.4, -0.2) is 19.2 Å². The average Bonchev–Trinajstić information content (AvgIpc) is 2.54. The van der Waals surface area contributed by atoms with Crippen molar-refractivity contribution in [3.05, 3.63) is 48.0 Å². The molecule has 0 aliphatic heterocycles. The lowest BCUT2D eigenvalue weighted by atomic mass is 10.1. The van der Waals surface area contributed by atoms with Crippen LogP contribution in [-0.2, 0) is 20.9 Å². The summed E-state index contributed by atoms with van der Waals surface area (Å²) in [7, 11) is 0. The monoisotopic (exact) mass is 301 g/mol.